The first-order valence-electron chi connectivity index (χ1n) is 8.18. The Hall–Kier alpha value is -1.28. The lowest BCUT2D eigenvalue weighted by atomic mass is 10.1. The highest BCUT2D eigenvalue weighted by atomic mass is 15.0. The van der Waals surface area contributed by atoms with E-state index in [0.717, 1.165) is 19.0 Å². The van der Waals surface area contributed by atoms with E-state index in [0.29, 0.717) is 0 Å². The Morgan fingerprint density at radius 3 is 2.57 bits per heavy atom. The predicted octanol–water partition coefficient (Wildman–Crippen LogP) is 4.97. The van der Waals surface area contributed by atoms with Crippen molar-refractivity contribution in [3.05, 3.63) is 36.0 Å². The summed E-state index contributed by atoms with van der Waals surface area (Å²) >= 11 is 0. The number of rotatable bonds is 6. The summed E-state index contributed by atoms with van der Waals surface area (Å²) in [5.41, 5.74) is 2.95. The standard InChI is InChI=1S/C19H30N2/c1-15(2)8-7-12-21-13-11-16-9-6-10-17(18(16)21)14-20-19(3,4)5/h6,9-11,13,15,20H,7-8,12,14H2,1-5H3. The predicted molar refractivity (Wildman–Crippen MR) is 92.6 cm³/mol. The largest absolute Gasteiger partial charge is 0.347 e. The van der Waals surface area contributed by atoms with Crippen molar-refractivity contribution in [2.45, 2.75) is 66.1 Å². The van der Waals surface area contributed by atoms with E-state index in [1.807, 2.05) is 0 Å². The number of para-hydroxylation sites is 1. The van der Waals surface area contributed by atoms with Gasteiger partial charge in [0.15, 0.2) is 0 Å². The average Bonchev–Trinajstić information content (AvgIpc) is 2.79. The highest BCUT2D eigenvalue weighted by Crippen LogP contribution is 2.22. The molecule has 0 aliphatic carbocycles. The number of benzene rings is 1. The molecule has 0 amide bonds. The fourth-order valence-corrected chi connectivity index (χ4v) is 2.70. The summed E-state index contributed by atoms with van der Waals surface area (Å²) in [7, 11) is 0. The number of aryl methyl sites for hydroxylation is 1. The average molecular weight is 286 g/mol. The van der Waals surface area contributed by atoms with Gasteiger partial charge in [-0.2, -0.15) is 0 Å². The maximum atomic E-state index is 3.61. The van der Waals surface area contributed by atoms with Gasteiger partial charge in [0.2, 0.25) is 0 Å². The van der Waals surface area contributed by atoms with E-state index in [-0.39, 0.29) is 5.54 Å². The van der Waals surface area contributed by atoms with Gasteiger partial charge >= 0.3 is 0 Å². The van der Waals surface area contributed by atoms with E-state index < -0.39 is 0 Å². The molecule has 1 aromatic carbocycles. The Morgan fingerprint density at radius 1 is 1.14 bits per heavy atom. The zero-order valence-corrected chi connectivity index (χ0v) is 14.2. The van der Waals surface area contributed by atoms with Crippen LogP contribution < -0.4 is 5.32 Å². The molecule has 1 N–H and O–H groups in total. The molecule has 0 aliphatic heterocycles. The van der Waals surface area contributed by atoms with Crippen molar-refractivity contribution >= 4 is 10.9 Å². The third-order valence-corrected chi connectivity index (χ3v) is 3.86. The number of nitrogens with one attached hydrogen (secondary N) is 1. The Labute approximate surface area is 129 Å². The molecule has 0 fully saturated rings. The second-order valence-electron chi connectivity index (χ2n) is 7.50. The van der Waals surface area contributed by atoms with Crippen molar-refractivity contribution in [2.75, 3.05) is 0 Å². The molecule has 0 atom stereocenters. The molecule has 0 spiro atoms. The normalized spacial score (nSPS) is 12.5. The second kappa shape index (κ2) is 6.65. The van der Waals surface area contributed by atoms with E-state index in [1.165, 1.54) is 29.3 Å². The Kier molecular flexibility index (Phi) is 5.10. The van der Waals surface area contributed by atoms with E-state index >= 15 is 0 Å². The first kappa shape index (κ1) is 16.1. The van der Waals surface area contributed by atoms with E-state index in [1.54, 1.807) is 0 Å². The van der Waals surface area contributed by atoms with E-state index in [2.05, 4.69) is 75.0 Å². The van der Waals surface area contributed by atoms with E-state index in [9.17, 15) is 0 Å². The van der Waals surface area contributed by atoms with Gasteiger partial charge in [-0.1, -0.05) is 32.0 Å². The Balaban J connectivity index is 2.18. The van der Waals surface area contributed by atoms with Crippen LogP contribution >= 0.6 is 0 Å². The third kappa shape index (κ3) is 4.60. The van der Waals surface area contributed by atoms with Crippen molar-refractivity contribution in [1.82, 2.24) is 9.88 Å². The lowest BCUT2D eigenvalue weighted by molar-refractivity contribution is 0.424. The molecule has 0 radical (unpaired) electrons. The number of nitrogens with zero attached hydrogens (tertiary/aromatic N) is 1. The molecule has 0 saturated heterocycles. The lowest BCUT2D eigenvalue weighted by Crippen LogP contribution is -2.35. The van der Waals surface area contributed by atoms with Crippen LogP contribution in [-0.4, -0.2) is 10.1 Å². The summed E-state index contributed by atoms with van der Waals surface area (Å²) in [6, 6.07) is 8.88. The zero-order valence-electron chi connectivity index (χ0n) is 14.2. The minimum Gasteiger partial charge on any atom is -0.347 e. The summed E-state index contributed by atoms with van der Waals surface area (Å²) in [5.74, 6) is 0.786. The van der Waals surface area contributed by atoms with Crippen LogP contribution in [0.15, 0.2) is 30.5 Å². The van der Waals surface area contributed by atoms with Gasteiger partial charge in [0.05, 0.1) is 5.52 Å². The van der Waals surface area contributed by atoms with E-state index in [4.69, 9.17) is 0 Å². The summed E-state index contributed by atoms with van der Waals surface area (Å²) in [6.07, 6.45) is 4.79. The van der Waals surface area contributed by atoms with Crippen LogP contribution in [0.5, 0.6) is 0 Å². The van der Waals surface area contributed by atoms with Crippen LogP contribution in [0.4, 0.5) is 0 Å². The van der Waals surface area contributed by atoms with Crippen LogP contribution in [0.2, 0.25) is 0 Å². The SMILES string of the molecule is CC(C)CCCn1ccc2cccc(CNC(C)(C)C)c21. The molecule has 1 aromatic heterocycles. The smallest absolute Gasteiger partial charge is 0.0525 e. The zero-order chi connectivity index (χ0) is 15.5. The Morgan fingerprint density at radius 2 is 1.90 bits per heavy atom. The molecule has 2 nitrogen and oxygen atoms in total. The van der Waals surface area contributed by atoms with Gasteiger partial charge in [-0.25, -0.2) is 0 Å². The quantitative estimate of drug-likeness (QED) is 0.793. The van der Waals surface area contributed by atoms with Crippen molar-refractivity contribution in [3.63, 3.8) is 0 Å². The first-order chi connectivity index (χ1) is 9.87. The van der Waals surface area contributed by atoms with Crippen molar-refractivity contribution in [2.24, 2.45) is 5.92 Å². The monoisotopic (exact) mass is 286 g/mol. The Bertz CT molecular complexity index is 573. The molecule has 0 bridgehead atoms. The van der Waals surface area contributed by atoms with Crippen LogP contribution in [0.3, 0.4) is 0 Å². The van der Waals surface area contributed by atoms with Gasteiger partial charge in [0.25, 0.3) is 0 Å². The first-order valence-corrected chi connectivity index (χ1v) is 8.18. The molecule has 1 heterocycles. The van der Waals surface area contributed by atoms with Gasteiger partial charge < -0.3 is 9.88 Å². The maximum Gasteiger partial charge on any atom is 0.0525 e. The highest BCUT2D eigenvalue weighted by Gasteiger charge is 2.11. The van der Waals surface area contributed by atoms with Crippen LogP contribution in [0.25, 0.3) is 10.9 Å². The van der Waals surface area contributed by atoms with Crippen LogP contribution in [0.1, 0.15) is 53.0 Å². The summed E-state index contributed by atoms with van der Waals surface area (Å²) < 4.78 is 2.43. The van der Waals surface area contributed by atoms with Crippen molar-refractivity contribution in [1.29, 1.82) is 0 Å². The van der Waals surface area contributed by atoms with Crippen LogP contribution in [0, 0.1) is 5.92 Å². The fourth-order valence-electron chi connectivity index (χ4n) is 2.70. The van der Waals surface area contributed by atoms with Gasteiger partial charge in [-0.15, -0.1) is 0 Å². The highest BCUT2D eigenvalue weighted by molar-refractivity contribution is 5.83. The van der Waals surface area contributed by atoms with Gasteiger partial charge in [-0.05, 0) is 56.5 Å². The molecular weight excluding hydrogens is 256 g/mol. The van der Waals surface area contributed by atoms with Crippen molar-refractivity contribution in [3.8, 4) is 0 Å². The van der Waals surface area contributed by atoms with Crippen molar-refractivity contribution < 1.29 is 0 Å². The van der Waals surface area contributed by atoms with Gasteiger partial charge in [0, 0.05) is 24.8 Å². The lowest BCUT2D eigenvalue weighted by Gasteiger charge is -2.21. The minimum absolute atomic E-state index is 0.150. The molecule has 0 aliphatic rings. The fraction of sp³-hybridized carbons (Fsp3) is 0.579. The van der Waals surface area contributed by atoms with Gasteiger partial charge in [0.1, 0.15) is 0 Å². The maximum absolute atomic E-state index is 3.61. The topological polar surface area (TPSA) is 17.0 Å². The van der Waals surface area contributed by atoms with Gasteiger partial charge in [-0.3, -0.25) is 0 Å². The summed E-state index contributed by atoms with van der Waals surface area (Å²) in [6.45, 7) is 13.3. The summed E-state index contributed by atoms with van der Waals surface area (Å²) in [4.78, 5) is 0. The summed E-state index contributed by atoms with van der Waals surface area (Å²) in [5, 5.41) is 4.96. The second-order valence-corrected chi connectivity index (χ2v) is 7.50. The van der Waals surface area contributed by atoms with Crippen LogP contribution in [-0.2, 0) is 13.1 Å². The number of fused-ring (bicyclic) bond motifs is 1. The molecule has 2 aromatic rings. The third-order valence-electron chi connectivity index (χ3n) is 3.86. The molecule has 2 rings (SSSR count). The molecule has 116 valence electrons. The number of hydrogen-bond donors (Lipinski definition) is 1. The molecular formula is C19H30N2. The molecule has 21 heavy (non-hydrogen) atoms. The molecule has 0 unspecified atom stereocenters. The number of aromatic nitrogens is 1. The molecule has 0 saturated carbocycles. The molecule has 2 heteroatoms. The number of hydrogen-bond acceptors (Lipinski definition) is 1. The minimum atomic E-state index is 0.150.